The predicted molar refractivity (Wildman–Crippen MR) is 68.8 cm³/mol. The van der Waals surface area contributed by atoms with Gasteiger partial charge in [0.15, 0.2) is 0 Å². The van der Waals surface area contributed by atoms with Crippen LogP contribution in [0.4, 0.5) is 13.2 Å². The average molecular weight is 328 g/mol. The highest BCUT2D eigenvalue weighted by Crippen LogP contribution is 2.34. The number of sulfone groups is 1. The van der Waals surface area contributed by atoms with Gasteiger partial charge in [-0.2, -0.15) is 13.2 Å². The molecular formula is C11H11F3O4S2. The summed E-state index contributed by atoms with van der Waals surface area (Å²) in [4.78, 5) is 10.9. The van der Waals surface area contributed by atoms with Gasteiger partial charge in [0.1, 0.15) is 9.84 Å². The first-order valence-electron chi connectivity index (χ1n) is 5.26. The summed E-state index contributed by atoms with van der Waals surface area (Å²) in [6.07, 6.45) is -3.75. The van der Waals surface area contributed by atoms with Gasteiger partial charge in [0, 0.05) is 16.9 Å². The van der Waals surface area contributed by atoms with Crippen molar-refractivity contribution in [2.24, 2.45) is 0 Å². The van der Waals surface area contributed by atoms with Gasteiger partial charge in [-0.25, -0.2) is 13.2 Å². The van der Waals surface area contributed by atoms with E-state index in [2.05, 4.69) is 0 Å². The van der Waals surface area contributed by atoms with E-state index in [1.54, 1.807) is 0 Å². The molecule has 0 saturated carbocycles. The number of thioether (sulfide) groups is 1. The summed E-state index contributed by atoms with van der Waals surface area (Å²) in [6, 6.07) is 2.82. The second-order valence-corrected chi connectivity index (χ2v) is 7.42. The second kappa shape index (κ2) is 6.04. The zero-order valence-corrected chi connectivity index (χ0v) is 11.9. The summed E-state index contributed by atoms with van der Waals surface area (Å²) in [5, 5.41) is 8.72. The fourth-order valence-corrected chi connectivity index (χ4v) is 3.49. The van der Waals surface area contributed by atoms with E-state index in [1.807, 2.05) is 0 Å². The maximum Gasteiger partial charge on any atom is 0.417 e. The molecule has 4 nitrogen and oxygen atoms in total. The summed E-state index contributed by atoms with van der Waals surface area (Å²) in [7, 11) is -3.19. The van der Waals surface area contributed by atoms with Crippen molar-refractivity contribution in [2.75, 3.05) is 17.8 Å². The largest absolute Gasteiger partial charge is 0.478 e. The molecule has 9 heteroatoms. The van der Waals surface area contributed by atoms with Crippen LogP contribution in [-0.4, -0.2) is 37.3 Å². The van der Waals surface area contributed by atoms with Crippen LogP contribution in [-0.2, 0) is 16.0 Å². The monoisotopic (exact) mass is 328 g/mol. The number of hydrogen-bond donors (Lipinski definition) is 1. The first-order chi connectivity index (χ1) is 9.00. The van der Waals surface area contributed by atoms with Gasteiger partial charge < -0.3 is 5.11 Å². The predicted octanol–water partition coefficient (Wildman–Crippen LogP) is 2.54. The van der Waals surface area contributed by atoms with Crippen LogP contribution >= 0.6 is 11.8 Å². The van der Waals surface area contributed by atoms with Crippen LogP contribution in [0, 0.1) is 0 Å². The Kier molecular flexibility index (Phi) is 5.09. The molecule has 0 radical (unpaired) electrons. The Morgan fingerprint density at radius 2 is 1.95 bits per heavy atom. The lowest BCUT2D eigenvalue weighted by Crippen LogP contribution is -2.13. The van der Waals surface area contributed by atoms with Gasteiger partial charge in [-0.05, 0) is 18.2 Å². The topological polar surface area (TPSA) is 71.4 Å². The number of carbonyl (C=O) groups is 1. The molecule has 1 rings (SSSR count). The first-order valence-corrected chi connectivity index (χ1v) is 8.30. The molecule has 1 aromatic rings. The maximum absolute atomic E-state index is 12.7. The molecular weight excluding hydrogens is 317 g/mol. The molecule has 0 aliphatic heterocycles. The highest BCUT2D eigenvalue weighted by molar-refractivity contribution is 8.00. The zero-order valence-electron chi connectivity index (χ0n) is 10.3. The Hall–Kier alpha value is -1.22. The number of hydrogen-bond acceptors (Lipinski definition) is 4. The maximum atomic E-state index is 12.7. The van der Waals surface area contributed by atoms with E-state index in [9.17, 15) is 26.4 Å². The van der Waals surface area contributed by atoms with Gasteiger partial charge in [0.25, 0.3) is 0 Å². The Balaban J connectivity index is 2.99. The number of carboxylic acid groups (broad SMARTS) is 1. The number of benzene rings is 1. The molecule has 0 bridgehead atoms. The van der Waals surface area contributed by atoms with Gasteiger partial charge in [-0.1, -0.05) is 0 Å². The van der Waals surface area contributed by atoms with Gasteiger partial charge in [-0.3, -0.25) is 0 Å². The van der Waals surface area contributed by atoms with E-state index in [-0.39, 0.29) is 16.4 Å². The van der Waals surface area contributed by atoms with Crippen LogP contribution in [0.25, 0.3) is 0 Å². The minimum Gasteiger partial charge on any atom is -0.478 e. The summed E-state index contributed by atoms with van der Waals surface area (Å²) >= 11 is 0.926. The van der Waals surface area contributed by atoms with Crippen molar-refractivity contribution in [2.45, 2.75) is 11.1 Å². The van der Waals surface area contributed by atoms with E-state index >= 15 is 0 Å². The molecule has 0 aliphatic carbocycles. The molecule has 0 saturated heterocycles. The van der Waals surface area contributed by atoms with Crippen molar-refractivity contribution < 1.29 is 31.5 Å². The summed E-state index contributed by atoms with van der Waals surface area (Å²) in [6.45, 7) is 0. The Morgan fingerprint density at radius 1 is 1.35 bits per heavy atom. The highest BCUT2D eigenvalue weighted by Gasteiger charge is 2.35. The van der Waals surface area contributed by atoms with Crippen molar-refractivity contribution in [1.82, 2.24) is 0 Å². The van der Waals surface area contributed by atoms with Gasteiger partial charge in [-0.15, -0.1) is 11.8 Å². The second-order valence-electron chi connectivity index (χ2n) is 3.99. The molecule has 112 valence electrons. The minimum absolute atomic E-state index is 0.0998. The van der Waals surface area contributed by atoms with E-state index in [1.165, 1.54) is 6.07 Å². The van der Waals surface area contributed by atoms with Crippen LogP contribution in [0.5, 0.6) is 0 Å². The first kappa shape index (κ1) is 16.8. The molecule has 0 atom stereocenters. The number of aromatic carboxylic acids is 1. The van der Waals surface area contributed by atoms with Gasteiger partial charge >= 0.3 is 12.1 Å². The quantitative estimate of drug-likeness (QED) is 0.841. The van der Waals surface area contributed by atoms with Crippen LogP contribution in [0.1, 0.15) is 15.9 Å². The molecule has 0 aliphatic rings. The van der Waals surface area contributed by atoms with Crippen molar-refractivity contribution in [3.8, 4) is 0 Å². The summed E-state index contributed by atoms with van der Waals surface area (Å²) < 4.78 is 60.0. The zero-order chi connectivity index (χ0) is 15.6. The molecule has 0 amide bonds. The number of rotatable bonds is 5. The third kappa shape index (κ3) is 5.04. The minimum atomic E-state index is -4.78. The summed E-state index contributed by atoms with van der Waals surface area (Å²) in [5.74, 6) is -1.73. The SMILES string of the molecule is CS(=O)(=O)CCSc1ccc(C(=O)O)c(C(F)(F)F)c1. The number of carboxylic acids is 1. The van der Waals surface area contributed by atoms with Crippen LogP contribution in [0.2, 0.25) is 0 Å². The molecule has 0 aromatic heterocycles. The number of halogens is 3. The fraction of sp³-hybridized carbons (Fsp3) is 0.364. The molecule has 0 fully saturated rings. The van der Waals surface area contributed by atoms with Crippen LogP contribution in [0.3, 0.4) is 0 Å². The average Bonchev–Trinajstić information content (AvgIpc) is 2.25. The van der Waals surface area contributed by atoms with Crippen molar-refractivity contribution in [3.63, 3.8) is 0 Å². The normalized spacial score (nSPS) is 12.4. The van der Waals surface area contributed by atoms with Crippen molar-refractivity contribution in [3.05, 3.63) is 29.3 Å². The van der Waals surface area contributed by atoms with Crippen LogP contribution < -0.4 is 0 Å². The molecule has 1 N–H and O–H groups in total. The lowest BCUT2D eigenvalue weighted by Gasteiger charge is -2.11. The fourth-order valence-electron chi connectivity index (χ4n) is 1.35. The van der Waals surface area contributed by atoms with Crippen molar-refractivity contribution in [1.29, 1.82) is 0 Å². The third-order valence-corrected chi connectivity index (χ3v) is 4.45. The third-order valence-electron chi connectivity index (χ3n) is 2.25. The van der Waals surface area contributed by atoms with E-state index < -0.39 is 33.1 Å². The Labute approximate surface area is 117 Å². The van der Waals surface area contributed by atoms with Crippen LogP contribution in [0.15, 0.2) is 23.1 Å². The van der Waals surface area contributed by atoms with Gasteiger partial charge in [0.05, 0.1) is 16.9 Å². The Bertz CT molecular complexity index is 609. The molecule has 20 heavy (non-hydrogen) atoms. The van der Waals surface area contributed by atoms with Crippen molar-refractivity contribution >= 4 is 27.6 Å². The lowest BCUT2D eigenvalue weighted by molar-refractivity contribution is -0.138. The van der Waals surface area contributed by atoms with E-state index in [4.69, 9.17) is 5.11 Å². The molecule has 0 spiro atoms. The highest BCUT2D eigenvalue weighted by atomic mass is 32.2. The number of alkyl halides is 3. The lowest BCUT2D eigenvalue weighted by atomic mass is 10.1. The summed E-state index contributed by atoms with van der Waals surface area (Å²) in [5.41, 5.74) is -2.07. The molecule has 0 heterocycles. The van der Waals surface area contributed by atoms with E-state index in [0.29, 0.717) is 0 Å². The standard InChI is InChI=1S/C11H11F3O4S2/c1-20(17,18)5-4-19-7-2-3-8(10(15)16)9(6-7)11(12,13)14/h2-3,6H,4-5H2,1H3,(H,15,16). The van der Waals surface area contributed by atoms with E-state index in [0.717, 1.165) is 30.2 Å². The molecule has 0 unspecified atom stereocenters. The Morgan fingerprint density at radius 3 is 2.40 bits per heavy atom. The smallest absolute Gasteiger partial charge is 0.417 e. The van der Waals surface area contributed by atoms with Gasteiger partial charge in [0.2, 0.25) is 0 Å². The molecule has 1 aromatic carbocycles.